The Bertz CT molecular complexity index is 1300. The maximum absolute atomic E-state index is 11.1. The summed E-state index contributed by atoms with van der Waals surface area (Å²) in [5, 5.41) is 62.9. The smallest absolute Gasteiger partial charge is 0.187 e. The van der Waals surface area contributed by atoms with E-state index in [4.69, 9.17) is 28.4 Å². The highest BCUT2D eigenvalue weighted by Gasteiger charge is 2.68. The molecule has 21 atom stereocenters. The molecule has 0 radical (unpaired) electrons. The zero-order valence-electron chi connectivity index (χ0n) is 30.9. The predicted molar refractivity (Wildman–Crippen MR) is 182 cm³/mol. The minimum absolute atomic E-state index is 0.0535. The van der Waals surface area contributed by atoms with Gasteiger partial charge in [-0.2, -0.15) is 0 Å². The monoisotopic (exact) mass is 722 g/mol. The Kier molecular flexibility index (Phi) is 9.83. The van der Waals surface area contributed by atoms with Crippen LogP contribution in [0.1, 0.15) is 92.4 Å². The Morgan fingerprint density at radius 2 is 1.61 bits per heavy atom. The number of rotatable bonds is 5. The first-order chi connectivity index (χ1) is 24.2. The minimum atomic E-state index is -1.61. The van der Waals surface area contributed by atoms with Gasteiger partial charge < -0.3 is 59.1 Å². The van der Waals surface area contributed by atoms with Crippen LogP contribution in [-0.4, -0.2) is 123 Å². The van der Waals surface area contributed by atoms with Crippen molar-refractivity contribution < 1.29 is 59.1 Å². The van der Waals surface area contributed by atoms with Gasteiger partial charge in [0.25, 0.3) is 0 Å². The molecular weight excluding hydrogens is 660 g/mol. The Hall–Kier alpha value is -0.740. The van der Waals surface area contributed by atoms with Crippen LogP contribution in [0.15, 0.2) is 11.6 Å². The molecule has 4 aliphatic heterocycles. The fraction of sp³-hybridized carbons (Fsp3) is 0.949. The van der Waals surface area contributed by atoms with Crippen molar-refractivity contribution in [3.63, 3.8) is 0 Å². The van der Waals surface area contributed by atoms with Crippen LogP contribution in [0.25, 0.3) is 0 Å². The van der Waals surface area contributed by atoms with E-state index in [0.29, 0.717) is 41.9 Å². The number of hydrogen-bond donors (Lipinski definition) is 6. The lowest BCUT2D eigenvalue weighted by atomic mass is 9.47. The summed E-state index contributed by atoms with van der Waals surface area (Å²) >= 11 is 0. The first-order valence-electron chi connectivity index (χ1n) is 19.8. The average molecular weight is 723 g/mol. The van der Waals surface area contributed by atoms with Crippen LogP contribution in [0.4, 0.5) is 0 Å². The zero-order chi connectivity index (χ0) is 36.2. The summed E-state index contributed by atoms with van der Waals surface area (Å²) in [6.07, 6.45) is -1.68. The normalized spacial score (nSPS) is 58.4. The number of allylic oxidation sites excluding steroid dienone is 1. The van der Waals surface area contributed by atoms with Crippen LogP contribution in [0.5, 0.6) is 0 Å². The fourth-order valence-corrected chi connectivity index (χ4v) is 12.5. The molecule has 0 aromatic carbocycles. The Morgan fingerprint density at radius 1 is 0.824 bits per heavy atom. The summed E-state index contributed by atoms with van der Waals surface area (Å²) in [7, 11) is 0. The molecule has 9 unspecified atom stereocenters. The van der Waals surface area contributed by atoms with E-state index in [1.54, 1.807) is 0 Å². The van der Waals surface area contributed by atoms with Gasteiger partial charge in [-0.3, -0.25) is 0 Å². The molecule has 12 heteroatoms. The third-order valence-electron chi connectivity index (χ3n) is 15.6. The van der Waals surface area contributed by atoms with Crippen LogP contribution in [-0.2, 0) is 28.4 Å². The fourth-order valence-electron chi connectivity index (χ4n) is 12.5. The van der Waals surface area contributed by atoms with Gasteiger partial charge in [0.05, 0.1) is 31.5 Å². The summed E-state index contributed by atoms with van der Waals surface area (Å²) in [6, 6.07) is 0. The number of aliphatic hydroxyl groups is 6. The SMILES string of the molecule is CC1O[C@@H](OC2[C@H](O[C@H]3CC[C@@]4(C)C(=CCC5C6CC7O[C@]8(CC[C@@H](C)CO8)[C@@H](C)C7[C@@]6(C)CCC54)C3)OC(CO)[C@@H](O)[C@@H]2O)C(O)[C@@H](O)[C@H]1O. The molecule has 0 bridgehead atoms. The van der Waals surface area contributed by atoms with Gasteiger partial charge in [0.2, 0.25) is 0 Å². The molecule has 8 aliphatic rings. The molecule has 0 amide bonds. The molecule has 3 saturated carbocycles. The van der Waals surface area contributed by atoms with Crippen molar-refractivity contribution >= 4 is 0 Å². The summed E-state index contributed by atoms with van der Waals surface area (Å²) < 4.78 is 37.6. The van der Waals surface area contributed by atoms with Crippen LogP contribution in [0.3, 0.4) is 0 Å². The van der Waals surface area contributed by atoms with Crippen LogP contribution in [0, 0.1) is 46.3 Å². The van der Waals surface area contributed by atoms with Crippen molar-refractivity contribution in [1.82, 2.24) is 0 Å². The Labute approximate surface area is 301 Å². The summed E-state index contributed by atoms with van der Waals surface area (Å²) in [5.74, 6) is 2.92. The highest BCUT2D eigenvalue weighted by atomic mass is 16.8. The molecular formula is C39H62O12. The van der Waals surface area contributed by atoms with Gasteiger partial charge in [0.15, 0.2) is 18.4 Å². The largest absolute Gasteiger partial charge is 0.394 e. The standard InChI is InChI=1S/C39H62O12/c1-18-8-13-39(46-17-18)19(2)28-26(51-39)15-25-23-7-6-21-14-22(9-11-37(21,4)24(23)10-12-38(25,28)5)48-36-34(32(44)30(42)27(16-40)49-36)50-35-33(45)31(43)29(41)20(3)47-35/h6,18-20,22-36,40-45H,7-17H2,1-5H3/t18-,19+,20?,22+,23?,24?,25?,26?,27?,28?,29+,30-,31+,32+,33?,34?,35+,36-,37+,38+,39-/m1/s1. The van der Waals surface area contributed by atoms with Gasteiger partial charge in [-0.1, -0.05) is 39.3 Å². The van der Waals surface area contributed by atoms with Crippen LogP contribution in [0.2, 0.25) is 0 Å². The van der Waals surface area contributed by atoms with E-state index in [1.165, 1.54) is 31.8 Å². The zero-order valence-corrected chi connectivity index (χ0v) is 30.9. The van der Waals surface area contributed by atoms with Gasteiger partial charge in [0, 0.05) is 12.3 Å². The van der Waals surface area contributed by atoms with Gasteiger partial charge in [-0.15, -0.1) is 0 Å². The lowest BCUT2D eigenvalue weighted by Gasteiger charge is -2.58. The van der Waals surface area contributed by atoms with Gasteiger partial charge >= 0.3 is 0 Å². The van der Waals surface area contributed by atoms with E-state index < -0.39 is 73.8 Å². The molecule has 8 rings (SSSR count). The maximum Gasteiger partial charge on any atom is 0.187 e. The molecule has 0 aromatic heterocycles. The molecule has 12 nitrogen and oxygen atoms in total. The molecule has 4 aliphatic carbocycles. The van der Waals surface area contributed by atoms with E-state index in [1.807, 2.05) is 0 Å². The van der Waals surface area contributed by atoms with Crippen molar-refractivity contribution in [2.75, 3.05) is 13.2 Å². The van der Waals surface area contributed by atoms with Gasteiger partial charge in [-0.25, -0.2) is 0 Å². The van der Waals surface area contributed by atoms with Crippen LogP contribution < -0.4 is 0 Å². The highest BCUT2D eigenvalue weighted by Crippen LogP contribution is 2.70. The maximum atomic E-state index is 11.1. The van der Waals surface area contributed by atoms with E-state index in [0.717, 1.165) is 38.7 Å². The van der Waals surface area contributed by atoms with Crippen molar-refractivity contribution in [2.45, 2.75) is 172 Å². The van der Waals surface area contributed by atoms with Crippen molar-refractivity contribution in [2.24, 2.45) is 46.3 Å². The van der Waals surface area contributed by atoms with Crippen molar-refractivity contribution in [3.05, 3.63) is 11.6 Å². The van der Waals surface area contributed by atoms with E-state index in [9.17, 15) is 30.6 Å². The number of hydrogen-bond acceptors (Lipinski definition) is 12. The highest BCUT2D eigenvalue weighted by molar-refractivity contribution is 5.26. The quantitative estimate of drug-likeness (QED) is 0.229. The lowest BCUT2D eigenvalue weighted by Crippen LogP contribution is -2.64. The first kappa shape index (κ1) is 37.2. The molecule has 51 heavy (non-hydrogen) atoms. The van der Waals surface area contributed by atoms with Gasteiger partial charge in [-0.05, 0) is 98.7 Å². The van der Waals surface area contributed by atoms with E-state index >= 15 is 0 Å². The average Bonchev–Trinajstić information content (AvgIpc) is 3.56. The second-order valence-electron chi connectivity index (χ2n) is 18.3. The minimum Gasteiger partial charge on any atom is -0.394 e. The molecule has 7 fully saturated rings. The molecule has 0 aromatic rings. The molecule has 6 N–H and O–H groups in total. The lowest BCUT2D eigenvalue weighted by molar-refractivity contribution is -0.369. The number of ether oxygens (including phenoxy) is 6. The molecule has 4 heterocycles. The second kappa shape index (κ2) is 13.5. The first-order valence-corrected chi connectivity index (χ1v) is 19.8. The Morgan fingerprint density at radius 3 is 2.33 bits per heavy atom. The topological polar surface area (TPSA) is 177 Å². The predicted octanol–water partition coefficient (Wildman–Crippen LogP) is 2.39. The molecule has 290 valence electrons. The Balaban J connectivity index is 0.964. The second-order valence-corrected chi connectivity index (χ2v) is 18.3. The number of fused-ring (bicyclic) bond motifs is 7. The number of aliphatic hydroxyl groups excluding tert-OH is 6. The van der Waals surface area contributed by atoms with E-state index in [2.05, 4.69) is 33.8 Å². The van der Waals surface area contributed by atoms with Gasteiger partial charge in [0.1, 0.15) is 42.7 Å². The third kappa shape index (κ3) is 5.84. The summed E-state index contributed by atoms with van der Waals surface area (Å²) in [4.78, 5) is 0. The summed E-state index contributed by atoms with van der Waals surface area (Å²) in [5.41, 5.74) is 1.70. The summed E-state index contributed by atoms with van der Waals surface area (Å²) in [6.45, 7) is 11.5. The molecule has 4 saturated heterocycles. The van der Waals surface area contributed by atoms with Crippen molar-refractivity contribution in [1.29, 1.82) is 0 Å². The van der Waals surface area contributed by atoms with Crippen LogP contribution >= 0.6 is 0 Å². The third-order valence-corrected chi connectivity index (χ3v) is 15.6. The van der Waals surface area contributed by atoms with E-state index in [-0.39, 0.29) is 23.0 Å². The van der Waals surface area contributed by atoms with Crippen molar-refractivity contribution in [3.8, 4) is 0 Å². The molecule has 1 spiro atoms.